The summed E-state index contributed by atoms with van der Waals surface area (Å²) in [4.78, 5) is 4.65. The largest absolute Gasteiger partial charge is 3.00 e. The van der Waals surface area contributed by atoms with Gasteiger partial charge in [0.1, 0.15) is 0 Å². The van der Waals surface area contributed by atoms with E-state index in [0.29, 0.717) is 13.1 Å². The van der Waals surface area contributed by atoms with Crippen molar-refractivity contribution >= 4 is 11.4 Å². The molecule has 2 aromatic carbocycles. The van der Waals surface area contributed by atoms with Crippen LogP contribution in [-0.2, 0) is 31.6 Å². The second-order valence-corrected chi connectivity index (χ2v) is 7.89. The van der Waals surface area contributed by atoms with Gasteiger partial charge >= 0.3 is 26.2 Å². The monoisotopic (exact) mass is 491 g/mol. The van der Waals surface area contributed by atoms with Crippen LogP contribution in [0.15, 0.2) is 60.8 Å². The summed E-state index contributed by atoms with van der Waals surface area (Å²) in [5, 5.41) is 10.0. The van der Waals surface area contributed by atoms with Crippen LogP contribution >= 0.6 is 0 Å². The molecule has 0 atom stereocenters. The van der Waals surface area contributed by atoms with Crippen molar-refractivity contribution in [2.75, 3.05) is 13.1 Å². The van der Waals surface area contributed by atoms with E-state index in [0.717, 1.165) is 17.1 Å². The normalized spacial score (nSPS) is 10.2. The molecule has 0 fully saturated rings. The van der Waals surface area contributed by atoms with Gasteiger partial charge in [-0.05, 0) is 45.2 Å². The van der Waals surface area contributed by atoms with Gasteiger partial charge in [-0.25, -0.2) is 0 Å². The molecule has 1 aromatic heterocycles. The maximum atomic E-state index is 5.01. The minimum Gasteiger partial charge on any atom is -0.683 e. The van der Waals surface area contributed by atoms with Crippen molar-refractivity contribution in [2.24, 2.45) is 0 Å². The van der Waals surface area contributed by atoms with Gasteiger partial charge in [-0.3, -0.25) is 4.98 Å². The number of benzene rings is 2. The molecule has 4 heteroatoms. The standard InChI is InChI=1S/C25H29N3.2CH3.Zr/c1-18-10-8-11-19(2)23(18)27-16-25(5,22-14-6-7-15-26-22)17-28-24-20(3)12-9-13-21(24)4;;;/h6-15H,16-17H2,1-5H3;2*1H3;/q-2;2*-1;+3. The molecule has 31 heavy (non-hydrogen) atoms. The van der Waals surface area contributed by atoms with Gasteiger partial charge in [-0.2, -0.15) is 0 Å². The van der Waals surface area contributed by atoms with E-state index in [1.807, 2.05) is 18.3 Å². The van der Waals surface area contributed by atoms with Gasteiger partial charge in [0.05, 0.1) is 0 Å². The van der Waals surface area contributed by atoms with Crippen LogP contribution in [0, 0.1) is 42.5 Å². The van der Waals surface area contributed by atoms with Gasteiger partial charge in [0, 0.05) is 11.9 Å². The number of para-hydroxylation sites is 2. The summed E-state index contributed by atoms with van der Waals surface area (Å²) in [5.74, 6) is 0. The molecule has 0 aliphatic heterocycles. The van der Waals surface area contributed by atoms with Crippen molar-refractivity contribution in [1.29, 1.82) is 0 Å². The van der Waals surface area contributed by atoms with E-state index in [9.17, 15) is 0 Å². The zero-order valence-electron chi connectivity index (χ0n) is 20.0. The molecule has 163 valence electrons. The smallest absolute Gasteiger partial charge is 0.683 e. The first-order valence-electron chi connectivity index (χ1n) is 9.80. The number of pyridine rings is 1. The first-order valence-corrected chi connectivity index (χ1v) is 9.80. The molecule has 0 aliphatic rings. The van der Waals surface area contributed by atoms with Gasteiger partial charge in [0.2, 0.25) is 0 Å². The fourth-order valence-electron chi connectivity index (χ4n) is 3.55. The molecular weight excluding hydrogens is 458 g/mol. The van der Waals surface area contributed by atoms with Crippen LogP contribution in [0.25, 0.3) is 10.6 Å². The molecule has 1 heterocycles. The van der Waals surface area contributed by atoms with Gasteiger partial charge in [0.15, 0.2) is 0 Å². The van der Waals surface area contributed by atoms with E-state index >= 15 is 0 Å². The molecule has 1 radical (unpaired) electrons. The Morgan fingerprint density at radius 2 is 1.10 bits per heavy atom. The molecule has 0 spiro atoms. The Morgan fingerprint density at radius 1 is 0.677 bits per heavy atom. The number of aromatic nitrogens is 1. The van der Waals surface area contributed by atoms with Crippen molar-refractivity contribution in [3.8, 4) is 0 Å². The van der Waals surface area contributed by atoms with Crippen LogP contribution < -0.4 is 0 Å². The zero-order valence-corrected chi connectivity index (χ0v) is 22.5. The molecule has 0 unspecified atom stereocenters. The van der Waals surface area contributed by atoms with Crippen LogP contribution in [-0.4, -0.2) is 18.1 Å². The first-order chi connectivity index (χ1) is 13.4. The van der Waals surface area contributed by atoms with E-state index in [1.54, 1.807) is 0 Å². The van der Waals surface area contributed by atoms with E-state index in [4.69, 9.17) is 10.6 Å². The zero-order chi connectivity index (χ0) is 20.1. The first kappa shape index (κ1) is 29.1. The summed E-state index contributed by atoms with van der Waals surface area (Å²) in [6.45, 7) is 12.0. The number of rotatable bonds is 7. The van der Waals surface area contributed by atoms with E-state index < -0.39 is 0 Å². The second-order valence-electron chi connectivity index (χ2n) is 7.89. The van der Waals surface area contributed by atoms with Crippen LogP contribution in [0.1, 0.15) is 34.9 Å². The SMILES string of the molecule is Cc1cccc(C)c1[N-]CC(C)(C[N-]c1c(C)cccc1C)c1ccccn1.[CH3-].[CH3-].[Zr+3]. The van der Waals surface area contributed by atoms with Gasteiger partial charge in [-0.1, -0.05) is 71.6 Å². The van der Waals surface area contributed by atoms with Crippen molar-refractivity contribution in [2.45, 2.75) is 40.0 Å². The average molecular weight is 493 g/mol. The molecule has 0 aliphatic carbocycles. The second kappa shape index (κ2) is 12.8. The molecule has 0 saturated carbocycles. The van der Waals surface area contributed by atoms with Gasteiger partial charge in [0.25, 0.3) is 0 Å². The minimum absolute atomic E-state index is 0. The predicted molar refractivity (Wildman–Crippen MR) is 132 cm³/mol. The van der Waals surface area contributed by atoms with Crippen molar-refractivity contribution in [3.63, 3.8) is 0 Å². The fourth-order valence-corrected chi connectivity index (χ4v) is 3.55. The Bertz CT molecular complexity index is 842. The van der Waals surface area contributed by atoms with Crippen molar-refractivity contribution in [3.05, 3.63) is 114 Å². The molecule has 0 saturated heterocycles. The minimum atomic E-state index is -0.273. The summed E-state index contributed by atoms with van der Waals surface area (Å²) in [6.07, 6.45) is 1.85. The molecule has 0 amide bonds. The van der Waals surface area contributed by atoms with Gasteiger partial charge in [-0.15, -0.1) is 24.5 Å². The topological polar surface area (TPSA) is 41.1 Å². The van der Waals surface area contributed by atoms with E-state index in [1.165, 1.54) is 22.3 Å². The maximum Gasteiger partial charge on any atom is 3.00 e. The number of aryl methyl sites for hydroxylation is 4. The van der Waals surface area contributed by atoms with Crippen molar-refractivity contribution in [1.82, 2.24) is 4.98 Å². The fraction of sp³-hybridized carbons (Fsp3) is 0.296. The molecule has 3 aromatic rings. The Balaban J connectivity index is 0.00000300. The maximum absolute atomic E-state index is 5.01. The molecular formula is C27H35N3Zr-. The third kappa shape index (κ3) is 7.04. The Labute approximate surface area is 209 Å². The third-order valence-electron chi connectivity index (χ3n) is 5.33. The third-order valence-corrected chi connectivity index (χ3v) is 5.33. The Kier molecular flexibility index (Phi) is 12.0. The molecule has 0 N–H and O–H groups in total. The molecule has 0 bridgehead atoms. The average Bonchev–Trinajstić information content (AvgIpc) is 2.68. The van der Waals surface area contributed by atoms with E-state index in [2.05, 4.69) is 82.1 Å². The van der Waals surface area contributed by atoms with Crippen molar-refractivity contribution < 1.29 is 26.2 Å². The van der Waals surface area contributed by atoms with Crippen LogP contribution in [0.5, 0.6) is 0 Å². The van der Waals surface area contributed by atoms with Crippen LogP contribution in [0.2, 0.25) is 0 Å². The Morgan fingerprint density at radius 3 is 1.45 bits per heavy atom. The summed E-state index contributed by atoms with van der Waals surface area (Å²) >= 11 is 0. The van der Waals surface area contributed by atoms with E-state index in [-0.39, 0.29) is 46.5 Å². The summed E-state index contributed by atoms with van der Waals surface area (Å²) in [5.41, 5.74) is 7.73. The number of hydrogen-bond donors (Lipinski definition) is 0. The predicted octanol–water partition coefficient (Wildman–Crippen LogP) is 7.88. The quantitative estimate of drug-likeness (QED) is 0.309. The number of hydrogen-bond acceptors (Lipinski definition) is 1. The Hall–Kier alpha value is -1.93. The summed E-state index contributed by atoms with van der Waals surface area (Å²) in [6, 6.07) is 18.7. The molecule has 3 nitrogen and oxygen atoms in total. The number of nitrogens with zero attached hydrogens (tertiary/aromatic N) is 3. The van der Waals surface area contributed by atoms with Crippen LogP contribution in [0.3, 0.4) is 0 Å². The summed E-state index contributed by atoms with van der Waals surface area (Å²) < 4.78 is 0. The molecule has 3 rings (SSSR count). The van der Waals surface area contributed by atoms with Crippen LogP contribution in [0.4, 0.5) is 11.4 Å². The van der Waals surface area contributed by atoms with Gasteiger partial charge < -0.3 is 25.5 Å². The summed E-state index contributed by atoms with van der Waals surface area (Å²) in [7, 11) is 0.